The van der Waals surface area contributed by atoms with Crippen LogP contribution >= 0.6 is 0 Å². The second-order valence-corrected chi connectivity index (χ2v) is 29.3. The number of para-hydroxylation sites is 2. The van der Waals surface area contributed by atoms with Crippen LogP contribution in [0.4, 0.5) is 56.9 Å². The molecule has 0 spiro atoms. The van der Waals surface area contributed by atoms with Crippen molar-refractivity contribution in [2.75, 3.05) is 19.6 Å². The summed E-state index contributed by atoms with van der Waals surface area (Å²) in [6.07, 6.45) is 9.54. The Labute approximate surface area is 485 Å². The fourth-order valence-electron chi connectivity index (χ4n) is 16.5. The molecule has 0 amide bonds. The Balaban J connectivity index is 1.03. The van der Waals surface area contributed by atoms with E-state index in [2.05, 4.69) is 279 Å². The van der Waals surface area contributed by atoms with Crippen LogP contribution in [-0.2, 0) is 27.1 Å². The molecule has 2 aliphatic carbocycles. The maximum absolute atomic E-state index is 2.83. The first-order valence-corrected chi connectivity index (χ1v) is 30.7. The van der Waals surface area contributed by atoms with Gasteiger partial charge in [0.1, 0.15) is 0 Å². The highest BCUT2D eigenvalue weighted by molar-refractivity contribution is 7.00. The van der Waals surface area contributed by atoms with Gasteiger partial charge in [0.05, 0.1) is 11.1 Å². The molecule has 4 heterocycles. The molecule has 410 valence electrons. The Kier molecular flexibility index (Phi) is 11.4. The van der Waals surface area contributed by atoms with Gasteiger partial charge in [0.2, 0.25) is 0 Å². The van der Waals surface area contributed by atoms with Crippen molar-refractivity contribution in [2.24, 2.45) is 0 Å². The highest BCUT2D eigenvalue weighted by Crippen LogP contribution is 2.64. The summed E-state index contributed by atoms with van der Waals surface area (Å²) in [4.78, 5) is 10.9. The number of hydrogen-bond donors (Lipinski definition) is 0. The standard InChI is InChI=1S/C76H83BN4/c1-70(2,3)52-30-27-50(28-31-52)51-29-39-63-59(45-51)73(10)41-19-22-44-76(73,13)81(63)58-48-67-69-68(49-58)79(56-35-32-53(33-36-56)71(4,5)6)66-47-57(37-38-62(66)77(69)61-25-17-18-26-65(61)78(67)55-23-15-14-16-24-55)80-64-40-34-54(72(7,8)9)46-60(64)74(11)42-20-21-43-75(74,80)12/h14-18,23-40,45-49H,19-22,41-44H2,1-13H3. The van der Waals surface area contributed by atoms with Gasteiger partial charge in [-0.2, -0.15) is 0 Å². The van der Waals surface area contributed by atoms with Crippen LogP contribution in [0.3, 0.4) is 0 Å². The van der Waals surface area contributed by atoms with Gasteiger partial charge in [0.15, 0.2) is 0 Å². The van der Waals surface area contributed by atoms with Crippen LogP contribution in [0.2, 0.25) is 0 Å². The van der Waals surface area contributed by atoms with Crippen molar-refractivity contribution in [1.29, 1.82) is 0 Å². The number of rotatable bonds is 5. The van der Waals surface area contributed by atoms with E-state index in [4.69, 9.17) is 0 Å². The van der Waals surface area contributed by atoms with E-state index in [1.165, 1.54) is 144 Å². The Morgan fingerprint density at radius 2 is 0.790 bits per heavy atom. The molecule has 0 aromatic heterocycles. The van der Waals surface area contributed by atoms with Crippen molar-refractivity contribution in [3.63, 3.8) is 0 Å². The smallest absolute Gasteiger partial charge is 0.252 e. The normalized spacial score (nSPS) is 23.5. The average Bonchev–Trinajstić information content (AvgIpc) is 2.13. The Morgan fingerprint density at radius 1 is 0.346 bits per heavy atom. The van der Waals surface area contributed by atoms with Gasteiger partial charge >= 0.3 is 0 Å². The predicted molar refractivity (Wildman–Crippen MR) is 348 cm³/mol. The van der Waals surface area contributed by atoms with Crippen LogP contribution in [0.5, 0.6) is 0 Å². The summed E-state index contributed by atoms with van der Waals surface area (Å²) >= 11 is 0. The van der Waals surface area contributed by atoms with Crippen molar-refractivity contribution in [3.8, 4) is 11.1 Å². The van der Waals surface area contributed by atoms with Crippen molar-refractivity contribution in [2.45, 2.75) is 180 Å². The quantitative estimate of drug-likeness (QED) is 0.159. The van der Waals surface area contributed by atoms with Gasteiger partial charge in [-0.25, -0.2) is 0 Å². The molecule has 4 aliphatic heterocycles. The molecule has 6 aliphatic rings. The lowest BCUT2D eigenvalue weighted by Gasteiger charge is -2.51. The molecule has 4 atom stereocenters. The first-order chi connectivity index (χ1) is 38.5. The van der Waals surface area contributed by atoms with Crippen molar-refractivity contribution >= 4 is 80.0 Å². The first kappa shape index (κ1) is 52.1. The zero-order valence-corrected chi connectivity index (χ0v) is 50.7. The molecule has 2 saturated carbocycles. The summed E-state index contributed by atoms with van der Waals surface area (Å²) in [7, 11) is 0. The molecule has 8 aromatic rings. The summed E-state index contributed by atoms with van der Waals surface area (Å²) < 4.78 is 0. The Hall–Kier alpha value is -6.98. The Bertz CT molecular complexity index is 3820. The summed E-state index contributed by atoms with van der Waals surface area (Å²) in [5.74, 6) is 0. The van der Waals surface area contributed by atoms with Crippen LogP contribution in [0, 0.1) is 0 Å². The molecule has 0 saturated heterocycles. The highest BCUT2D eigenvalue weighted by Gasteiger charge is 2.60. The molecule has 4 nitrogen and oxygen atoms in total. The van der Waals surface area contributed by atoms with Crippen molar-refractivity contribution in [3.05, 3.63) is 198 Å². The van der Waals surface area contributed by atoms with E-state index in [0.29, 0.717) is 0 Å². The van der Waals surface area contributed by atoms with E-state index >= 15 is 0 Å². The van der Waals surface area contributed by atoms with E-state index in [-0.39, 0.29) is 44.9 Å². The molecule has 81 heavy (non-hydrogen) atoms. The molecule has 4 unspecified atom stereocenters. The third-order valence-corrected chi connectivity index (χ3v) is 21.6. The van der Waals surface area contributed by atoms with Crippen molar-refractivity contribution in [1.82, 2.24) is 0 Å². The second-order valence-electron chi connectivity index (χ2n) is 29.3. The van der Waals surface area contributed by atoms with Gasteiger partial charge in [-0.05, 0) is 184 Å². The molecule has 2 fully saturated rings. The number of fused-ring (bicyclic) bond motifs is 10. The van der Waals surface area contributed by atoms with Crippen LogP contribution in [0.25, 0.3) is 11.1 Å². The first-order valence-electron chi connectivity index (χ1n) is 30.7. The molecule has 5 heteroatoms. The topological polar surface area (TPSA) is 13.0 Å². The lowest BCUT2D eigenvalue weighted by Crippen LogP contribution is -2.61. The minimum atomic E-state index is -0.177. The molecule has 8 aromatic carbocycles. The summed E-state index contributed by atoms with van der Waals surface area (Å²) in [5.41, 5.74) is 26.2. The molecular weight excluding hydrogens is 980 g/mol. The number of nitrogens with zero attached hydrogens (tertiary/aromatic N) is 4. The van der Waals surface area contributed by atoms with Crippen LogP contribution in [0.15, 0.2) is 170 Å². The van der Waals surface area contributed by atoms with E-state index in [1.54, 1.807) is 0 Å². The number of hydrogen-bond acceptors (Lipinski definition) is 4. The van der Waals surface area contributed by atoms with Gasteiger partial charge in [-0.1, -0.05) is 199 Å². The molecule has 0 N–H and O–H groups in total. The molecule has 0 bridgehead atoms. The highest BCUT2D eigenvalue weighted by atomic mass is 15.3. The van der Waals surface area contributed by atoms with Gasteiger partial charge < -0.3 is 19.6 Å². The average molecular weight is 1060 g/mol. The minimum Gasteiger partial charge on any atom is -0.334 e. The maximum atomic E-state index is 2.83. The van der Waals surface area contributed by atoms with Gasteiger partial charge in [-0.3, -0.25) is 0 Å². The minimum absolute atomic E-state index is 0.00118. The molecule has 0 radical (unpaired) electrons. The third-order valence-electron chi connectivity index (χ3n) is 21.6. The van der Waals surface area contributed by atoms with Crippen molar-refractivity contribution < 1.29 is 0 Å². The van der Waals surface area contributed by atoms with Gasteiger partial charge in [-0.15, -0.1) is 0 Å². The third kappa shape index (κ3) is 7.54. The summed E-state index contributed by atoms with van der Waals surface area (Å²) in [5, 5.41) is 0. The monoisotopic (exact) mass is 1060 g/mol. The van der Waals surface area contributed by atoms with E-state index < -0.39 is 0 Å². The number of anilines is 10. The van der Waals surface area contributed by atoms with E-state index in [0.717, 1.165) is 19.3 Å². The van der Waals surface area contributed by atoms with Crippen LogP contribution < -0.4 is 36.0 Å². The lowest BCUT2D eigenvalue weighted by atomic mass is 9.33. The fraction of sp³-hybridized carbons (Fsp3) is 0.368. The summed E-state index contributed by atoms with van der Waals surface area (Å²) in [6, 6.07) is 67.3. The lowest BCUT2D eigenvalue weighted by molar-refractivity contribution is 0.195. The van der Waals surface area contributed by atoms with Gasteiger partial charge in [0.25, 0.3) is 6.71 Å². The van der Waals surface area contributed by atoms with Crippen LogP contribution in [0.1, 0.15) is 169 Å². The Morgan fingerprint density at radius 3 is 1.40 bits per heavy atom. The molecular formula is C76H83BN4. The predicted octanol–water partition coefficient (Wildman–Crippen LogP) is 18.8. The zero-order chi connectivity index (χ0) is 56.4. The zero-order valence-electron chi connectivity index (χ0n) is 50.7. The van der Waals surface area contributed by atoms with E-state index in [1.807, 2.05) is 0 Å². The van der Waals surface area contributed by atoms with Gasteiger partial charge in [0, 0.05) is 67.7 Å². The largest absolute Gasteiger partial charge is 0.334 e. The molecule has 14 rings (SSSR count). The van der Waals surface area contributed by atoms with E-state index in [9.17, 15) is 0 Å². The van der Waals surface area contributed by atoms with Crippen LogP contribution in [-0.4, -0.2) is 17.8 Å². The maximum Gasteiger partial charge on any atom is 0.252 e. The summed E-state index contributed by atoms with van der Waals surface area (Å²) in [6.45, 7) is 31.4. The SMILES string of the molecule is CC(C)(C)c1ccc(-c2ccc3c(c2)C2(C)CCCCC2(C)N3c2cc3c4c(c2)N(c2ccc(C(C)(C)C)cc2)c2cc(N5c6ccc(C(C)(C)C)cc6C6(C)CCCCC56C)ccc2B4c2ccccc2N3c2ccccc2)cc1. The fourth-order valence-corrected chi connectivity index (χ4v) is 16.5. The second kappa shape index (κ2) is 17.8. The number of benzene rings is 8.